The molecular formula is C18H21ClN4O2. The highest BCUT2D eigenvalue weighted by molar-refractivity contribution is 6.31. The van der Waals surface area contributed by atoms with E-state index in [2.05, 4.69) is 20.6 Å². The molecule has 2 heterocycles. The number of hydrogen-bond acceptors (Lipinski definition) is 5. The van der Waals surface area contributed by atoms with Gasteiger partial charge in [0, 0.05) is 30.4 Å². The van der Waals surface area contributed by atoms with Crippen LogP contribution in [0, 0.1) is 6.92 Å². The van der Waals surface area contributed by atoms with Crippen molar-refractivity contribution in [1.29, 1.82) is 0 Å². The van der Waals surface area contributed by atoms with Crippen LogP contribution in [-0.2, 0) is 11.3 Å². The van der Waals surface area contributed by atoms with E-state index < -0.39 is 0 Å². The number of nitrogens with zero attached hydrogens (tertiary/aromatic N) is 2. The molecule has 1 unspecified atom stereocenters. The highest BCUT2D eigenvalue weighted by Crippen LogP contribution is 2.15. The van der Waals surface area contributed by atoms with Gasteiger partial charge in [-0.15, -0.1) is 0 Å². The lowest BCUT2D eigenvalue weighted by Crippen LogP contribution is -2.25. The minimum atomic E-state index is -0.259. The second-order valence-electron chi connectivity index (χ2n) is 6.01. The summed E-state index contributed by atoms with van der Waals surface area (Å²) in [5.41, 5.74) is 1.92. The van der Waals surface area contributed by atoms with Gasteiger partial charge in [-0.2, -0.15) is 0 Å². The molecule has 1 atom stereocenters. The monoisotopic (exact) mass is 360 g/mol. The summed E-state index contributed by atoms with van der Waals surface area (Å²) in [6.07, 6.45) is 2.29. The van der Waals surface area contributed by atoms with Gasteiger partial charge >= 0.3 is 0 Å². The van der Waals surface area contributed by atoms with Gasteiger partial charge in [0.2, 0.25) is 5.95 Å². The number of halogens is 1. The molecule has 6 nitrogen and oxygen atoms in total. The summed E-state index contributed by atoms with van der Waals surface area (Å²) < 4.78 is 5.57. The molecule has 0 spiro atoms. The summed E-state index contributed by atoms with van der Waals surface area (Å²) in [5.74, 6) is 0.184. The molecule has 7 heteroatoms. The van der Waals surface area contributed by atoms with Gasteiger partial charge in [-0.25, -0.2) is 9.97 Å². The van der Waals surface area contributed by atoms with Crippen LogP contribution in [0.2, 0.25) is 5.02 Å². The summed E-state index contributed by atoms with van der Waals surface area (Å²) in [5, 5.41) is 6.62. The van der Waals surface area contributed by atoms with E-state index in [0.717, 1.165) is 30.7 Å². The fourth-order valence-electron chi connectivity index (χ4n) is 2.68. The zero-order valence-electron chi connectivity index (χ0n) is 14.1. The summed E-state index contributed by atoms with van der Waals surface area (Å²) >= 11 is 6.11. The quantitative estimate of drug-likeness (QED) is 0.828. The van der Waals surface area contributed by atoms with Gasteiger partial charge in [-0.3, -0.25) is 4.79 Å². The van der Waals surface area contributed by atoms with Crippen molar-refractivity contribution in [3.63, 3.8) is 0 Å². The number of rotatable bonds is 6. The minimum absolute atomic E-state index is 0.182. The smallest absolute Gasteiger partial charge is 0.270 e. The topological polar surface area (TPSA) is 76.1 Å². The molecule has 1 aliphatic rings. The van der Waals surface area contributed by atoms with Crippen molar-refractivity contribution >= 4 is 23.5 Å². The Kier molecular flexibility index (Phi) is 5.83. The van der Waals surface area contributed by atoms with Crippen molar-refractivity contribution in [3.05, 3.63) is 52.3 Å². The number of aromatic nitrogens is 2. The van der Waals surface area contributed by atoms with Crippen LogP contribution in [0.15, 0.2) is 30.3 Å². The largest absolute Gasteiger partial charge is 0.376 e. The second-order valence-corrected chi connectivity index (χ2v) is 6.42. The third kappa shape index (κ3) is 4.90. The highest BCUT2D eigenvalue weighted by Gasteiger charge is 2.16. The molecule has 1 saturated heterocycles. The van der Waals surface area contributed by atoms with Crippen LogP contribution in [0.4, 0.5) is 5.95 Å². The lowest BCUT2D eigenvalue weighted by atomic mass is 10.2. The predicted octanol–water partition coefficient (Wildman–Crippen LogP) is 2.96. The number of amides is 1. The number of carbonyl (C=O) groups excluding carboxylic acids is 1. The Morgan fingerprint density at radius 3 is 2.96 bits per heavy atom. The molecule has 0 bridgehead atoms. The molecule has 0 saturated carbocycles. The van der Waals surface area contributed by atoms with Crippen LogP contribution in [0.1, 0.15) is 34.6 Å². The molecule has 0 radical (unpaired) electrons. The number of nitrogens with one attached hydrogen (secondary N) is 2. The van der Waals surface area contributed by atoms with Gasteiger partial charge in [-0.05, 0) is 37.5 Å². The van der Waals surface area contributed by atoms with E-state index >= 15 is 0 Å². The number of carbonyl (C=O) groups is 1. The molecule has 1 aromatic carbocycles. The molecule has 1 aromatic heterocycles. The van der Waals surface area contributed by atoms with Crippen LogP contribution in [0.3, 0.4) is 0 Å². The average Bonchev–Trinajstić information content (AvgIpc) is 3.12. The van der Waals surface area contributed by atoms with Crippen LogP contribution in [0.5, 0.6) is 0 Å². The molecule has 25 heavy (non-hydrogen) atoms. The number of hydrogen-bond donors (Lipinski definition) is 2. The van der Waals surface area contributed by atoms with Crippen LogP contribution in [-0.4, -0.2) is 35.1 Å². The molecule has 2 aromatic rings. The van der Waals surface area contributed by atoms with E-state index in [1.54, 1.807) is 12.1 Å². The molecule has 0 aliphatic carbocycles. The molecule has 2 N–H and O–H groups in total. The Morgan fingerprint density at radius 2 is 2.20 bits per heavy atom. The fraction of sp³-hybridized carbons (Fsp3) is 0.389. The standard InChI is InChI=1S/C18H21ClN4O2/c1-12-9-16(17(24)20-10-13-5-2-3-7-15(13)19)23-18(22-12)21-11-14-6-4-8-25-14/h2-3,5,7,9,14H,4,6,8,10-11H2,1H3,(H,20,24)(H,21,22,23). The van der Waals surface area contributed by atoms with E-state index in [0.29, 0.717) is 29.8 Å². The van der Waals surface area contributed by atoms with Gasteiger partial charge < -0.3 is 15.4 Å². The lowest BCUT2D eigenvalue weighted by Gasteiger charge is -2.12. The van der Waals surface area contributed by atoms with Crippen molar-refractivity contribution in [2.24, 2.45) is 0 Å². The van der Waals surface area contributed by atoms with Crippen molar-refractivity contribution in [1.82, 2.24) is 15.3 Å². The number of aryl methyl sites for hydroxylation is 1. The van der Waals surface area contributed by atoms with Crippen molar-refractivity contribution in [2.45, 2.75) is 32.4 Å². The summed E-state index contributed by atoms with van der Waals surface area (Å²) in [7, 11) is 0. The fourth-order valence-corrected chi connectivity index (χ4v) is 2.88. The molecule has 1 fully saturated rings. The normalized spacial score (nSPS) is 16.6. The zero-order valence-corrected chi connectivity index (χ0v) is 14.8. The summed E-state index contributed by atoms with van der Waals surface area (Å²) in [4.78, 5) is 21.0. The minimum Gasteiger partial charge on any atom is -0.376 e. The van der Waals surface area contributed by atoms with Crippen LogP contribution in [0.25, 0.3) is 0 Å². The molecule has 3 rings (SSSR count). The Hall–Kier alpha value is -2.18. The number of benzene rings is 1. The van der Waals surface area contributed by atoms with E-state index in [-0.39, 0.29) is 12.0 Å². The van der Waals surface area contributed by atoms with Crippen LogP contribution < -0.4 is 10.6 Å². The summed E-state index contributed by atoms with van der Waals surface area (Å²) in [6.45, 7) is 3.63. The maximum atomic E-state index is 12.4. The van der Waals surface area contributed by atoms with Gasteiger partial charge in [0.25, 0.3) is 5.91 Å². The number of anilines is 1. The third-order valence-corrected chi connectivity index (χ3v) is 4.36. The second kappa shape index (κ2) is 8.27. The first kappa shape index (κ1) is 17.6. The van der Waals surface area contributed by atoms with Gasteiger partial charge in [0.1, 0.15) is 5.69 Å². The molecule has 132 valence electrons. The Bertz CT molecular complexity index is 748. The Balaban J connectivity index is 1.62. The molecular weight excluding hydrogens is 340 g/mol. The van der Waals surface area contributed by atoms with Gasteiger partial charge in [-0.1, -0.05) is 29.8 Å². The first-order valence-corrected chi connectivity index (χ1v) is 8.72. The first-order chi connectivity index (χ1) is 12.1. The van der Waals surface area contributed by atoms with Gasteiger partial charge in [0.15, 0.2) is 0 Å². The molecule has 1 amide bonds. The maximum absolute atomic E-state index is 12.4. The van der Waals surface area contributed by atoms with Crippen molar-refractivity contribution in [2.75, 3.05) is 18.5 Å². The average molecular weight is 361 g/mol. The third-order valence-electron chi connectivity index (χ3n) is 4.00. The van der Waals surface area contributed by atoms with Crippen LogP contribution >= 0.6 is 11.6 Å². The van der Waals surface area contributed by atoms with E-state index in [9.17, 15) is 4.79 Å². The lowest BCUT2D eigenvalue weighted by molar-refractivity contribution is 0.0946. The molecule has 1 aliphatic heterocycles. The van der Waals surface area contributed by atoms with E-state index in [4.69, 9.17) is 16.3 Å². The zero-order chi connectivity index (χ0) is 17.6. The highest BCUT2D eigenvalue weighted by atomic mass is 35.5. The van der Waals surface area contributed by atoms with Gasteiger partial charge in [0.05, 0.1) is 6.10 Å². The predicted molar refractivity (Wildman–Crippen MR) is 96.9 cm³/mol. The van der Waals surface area contributed by atoms with Crippen molar-refractivity contribution < 1.29 is 9.53 Å². The Morgan fingerprint density at radius 1 is 1.36 bits per heavy atom. The van der Waals surface area contributed by atoms with E-state index in [1.165, 1.54) is 0 Å². The number of ether oxygens (including phenoxy) is 1. The van der Waals surface area contributed by atoms with E-state index in [1.807, 2.05) is 25.1 Å². The summed E-state index contributed by atoms with van der Waals surface area (Å²) in [6, 6.07) is 9.08. The Labute approximate surface area is 152 Å². The maximum Gasteiger partial charge on any atom is 0.270 e. The first-order valence-electron chi connectivity index (χ1n) is 8.34. The SMILES string of the molecule is Cc1cc(C(=O)NCc2ccccc2Cl)nc(NCC2CCCO2)n1. The van der Waals surface area contributed by atoms with Crippen molar-refractivity contribution in [3.8, 4) is 0 Å².